The number of carboxylic acids is 1. The average Bonchev–Trinajstić information content (AvgIpc) is 2.89. The van der Waals surface area contributed by atoms with Gasteiger partial charge in [-0.25, -0.2) is 0 Å². The molecule has 98 valence electrons. The van der Waals surface area contributed by atoms with Crippen LogP contribution in [-0.2, 0) is 4.79 Å². The SMILES string of the molecule is CC1(C)C(C(=O)O)C1/C(C#N)=C\c1cccc(Cl)c1. The van der Waals surface area contributed by atoms with Crippen LogP contribution in [0.1, 0.15) is 19.4 Å². The number of nitriles is 1. The van der Waals surface area contributed by atoms with E-state index in [1.54, 1.807) is 24.3 Å². The number of hydrogen-bond donors (Lipinski definition) is 1. The molecule has 0 heterocycles. The molecule has 2 unspecified atom stereocenters. The first kappa shape index (κ1) is 13.6. The summed E-state index contributed by atoms with van der Waals surface area (Å²) >= 11 is 5.90. The number of carbonyl (C=O) groups is 1. The van der Waals surface area contributed by atoms with Gasteiger partial charge in [0.1, 0.15) is 0 Å². The average molecular weight is 276 g/mol. The summed E-state index contributed by atoms with van der Waals surface area (Å²) in [5, 5.41) is 19.0. The molecule has 3 nitrogen and oxygen atoms in total. The minimum Gasteiger partial charge on any atom is -0.481 e. The number of carboxylic acid groups (broad SMARTS) is 1. The Morgan fingerprint density at radius 2 is 2.16 bits per heavy atom. The van der Waals surface area contributed by atoms with Crippen LogP contribution >= 0.6 is 11.6 Å². The van der Waals surface area contributed by atoms with Crippen molar-refractivity contribution >= 4 is 23.6 Å². The Morgan fingerprint density at radius 1 is 1.47 bits per heavy atom. The summed E-state index contributed by atoms with van der Waals surface area (Å²) in [6.45, 7) is 3.75. The highest BCUT2D eigenvalue weighted by molar-refractivity contribution is 6.30. The van der Waals surface area contributed by atoms with Crippen molar-refractivity contribution in [2.24, 2.45) is 17.3 Å². The second kappa shape index (κ2) is 4.71. The molecular weight excluding hydrogens is 262 g/mol. The van der Waals surface area contributed by atoms with E-state index < -0.39 is 11.9 Å². The van der Waals surface area contributed by atoms with E-state index in [0.717, 1.165) is 5.56 Å². The van der Waals surface area contributed by atoms with Crippen LogP contribution in [-0.4, -0.2) is 11.1 Å². The lowest BCUT2D eigenvalue weighted by atomic mass is 10.0. The Bertz CT molecular complexity index is 598. The van der Waals surface area contributed by atoms with Gasteiger partial charge >= 0.3 is 5.97 Å². The third-order valence-electron chi connectivity index (χ3n) is 3.73. The van der Waals surface area contributed by atoms with Crippen LogP contribution in [0.25, 0.3) is 6.08 Å². The summed E-state index contributed by atoms with van der Waals surface area (Å²) in [6.07, 6.45) is 1.72. The van der Waals surface area contributed by atoms with Gasteiger partial charge in [0.15, 0.2) is 0 Å². The summed E-state index contributed by atoms with van der Waals surface area (Å²) < 4.78 is 0. The van der Waals surface area contributed by atoms with Gasteiger partial charge in [0.2, 0.25) is 0 Å². The maximum atomic E-state index is 11.2. The Kier molecular flexibility index (Phi) is 3.38. The molecular formula is C15H14ClNO2. The quantitative estimate of drug-likeness (QED) is 0.857. The van der Waals surface area contributed by atoms with Crippen molar-refractivity contribution in [2.75, 3.05) is 0 Å². The molecule has 1 N–H and O–H groups in total. The lowest BCUT2D eigenvalue weighted by Crippen LogP contribution is -2.03. The number of rotatable bonds is 3. The third kappa shape index (κ3) is 2.50. The Morgan fingerprint density at radius 3 is 2.63 bits per heavy atom. The minimum absolute atomic E-state index is 0.228. The van der Waals surface area contributed by atoms with Crippen molar-refractivity contribution < 1.29 is 9.90 Å². The molecule has 1 aliphatic carbocycles. The molecule has 0 spiro atoms. The second-order valence-electron chi connectivity index (χ2n) is 5.38. The molecule has 0 bridgehead atoms. The van der Waals surface area contributed by atoms with Crippen LogP contribution < -0.4 is 0 Å². The molecule has 4 heteroatoms. The summed E-state index contributed by atoms with van der Waals surface area (Å²) in [7, 11) is 0. The summed E-state index contributed by atoms with van der Waals surface area (Å²) in [5.41, 5.74) is 0.946. The van der Waals surface area contributed by atoms with E-state index in [9.17, 15) is 10.1 Å². The fourth-order valence-electron chi connectivity index (χ4n) is 2.65. The third-order valence-corrected chi connectivity index (χ3v) is 3.96. The van der Waals surface area contributed by atoms with Crippen LogP contribution in [0.15, 0.2) is 29.8 Å². The fourth-order valence-corrected chi connectivity index (χ4v) is 2.85. The van der Waals surface area contributed by atoms with Gasteiger partial charge in [-0.05, 0) is 29.2 Å². The summed E-state index contributed by atoms with van der Waals surface area (Å²) in [6, 6.07) is 9.28. The van der Waals surface area contributed by atoms with Crippen LogP contribution in [0.3, 0.4) is 0 Å². The molecule has 19 heavy (non-hydrogen) atoms. The zero-order valence-electron chi connectivity index (χ0n) is 10.7. The monoisotopic (exact) mass is 275 g/mol. The highest BCUT2D eigenvalue weighted by Gasteiger charge is 2.63. The van der Waals surface area contributed by atoms with Gasteiger partial charge in [-0.3, -0.25) is 4.79 Å². The number of aliphatic carboxylic acids is 1. The first-order valence-corrected chi connectivity index (χ1v) is 6.36. The van der Waals surface area contributed by atoms with Crippen molar-refractivity contribution in [3.8, 4) is 6.07 Å². The number of nitrogens with zero attached hydrogens (tertiary/aromatic N) is 1. The molecule has 0 amide bonds. The first-order chi connectivity index (χ1) is 8.87. The van der Waals surface area contributed by atoms with Gasteiger partial charge in [0, 0.05) is 16.5 Å². The molecule has 1 aromatic carbocycles. The molecule has 2 atom stereocenters. The van der Waals surface area contributed by atoms with Gasteiger partial charge in [0.05, 0.1) is 12.0 Å². The minimum atomic E-state index is -0.845. The lowest BCUT2D eigenvalue weighted by Gasteiger charge is -2.01. The van der Waals surface area contributed by atoms with E-state index in [0.29, 0.717) is 10.6 Å². The normalized spacial score (nSPS) is 24.6. The van der Waals surface area contributed by atoms with E-state index in [4.69, 9.17) is 16.7 Å². The van der Waals surface area contributed by atoms with Crippen molar-refractivity contribution in [3.63, 3.8) is 0 Å². The largest absolute Gasteiger partial charge is 0.481 e. The van der Waals surface area contributed by atoms with Crippen LogP contribution in [0.4, 0.5) is 0 Å². The van der Waals surface area contributed by atoms with E-state index in [2.05, 4.69) is 6.07 Å². The van der Waals surface area contributed by atoms with Gasteiger partial charge in [0.25, 0.3) is 0 Å². The van der Waals surface area contributed by atoms with Gasteiger partial charge < -0.3 is 5.11 Å². The Labute approximate surface area is 117 Å². The van der Waals surface area contributed by atoms with Crippen molar-refractivity contribution in [2.45, 2.75) is 13.8 Å². The van der Waals surface area contributed by atoms with Crippen LogP contribution in [0, 0.1) is 28.6 Å². The smallest absolute Gasteiger partial charge is 0.307 e. The van der Waals surface area contributed by atoms with Crippen molar-refractivity contribution in [1.29, 1.82) is 5.26 Å². The standard InChI is InChI=1S/C15H14ClNO2/c1-15(2)12(13(15)14(18)19)10(8-17)6-9-4-3-5-11(16)7-9/h3-7,12-13H,1-2H3,(H,18,19)/b10-6-. The van der Waals surface area contributed by atoms with Crippen LogP contribution in [0.5, 0.6) is 0 Å². The molecule has 0 aromatic heterocycles. The topological polar surface area (TPSA) is 61.1 Å². The Balaban J connectivity index is 2.33. The molecule has 0 saturated heterocycles. The number of allylic oxidation sites excluding steroid dienone is 1. The van der Waals surface area contributed by atoms with E-state index in [-0.39, 0.29) is 11.3 Å². The maximum absolute atomic E-state index is 11.2. The van der Waals surface area contributed by atoms with Gasteiger partial charge in [-0.2, -0.15) is 5.26 Å². The Hall–Kier alpha value is -1.79. The second-order valence-corrected chi connectivity index (χ2v) is 5.82. The zero-order chi connectivity index (χ0) is 14.2. The molecule has 2 rings (SSSR count). The van der Waals surface area contributed by atoms with Gasteiger partial charge in [-0.15, -0.1) is 0 Å². The zero-order valence-corrected chi connectivity index (χ0v) is 11.5. The lowest BCUT2D eigenvalue weighted by molar-refractivity contribution is -0.139. The number of benzene rings is 1. The van der Waals surface area contributed by atoms with Crippen molar-refractivity contribution in [3.05, 3.63) is 40.4 Å². The fraction of sp³-hybridized carbons (Fsp3) is 0.333. The molecule has 1 saturated carbocycles. The summed E-state index contributed by atoms with van der Waals surface area (Å²) in [4.78, 5) is 11.2. The highest BCUT2D eigenvalue weighted by atomic mass is 35.5. The van der Waals surface area contributed by atoms with E-state index in [1.165, 1.54) is 0 Å². The molecule has 1 fully saturated rings. The predicted molar refractivity (Wildman–Crippen MR) is 73.4 cm³/mol. The van der Waals surface area contributed by atoms with Crippen LogP contribution in [0.2, 0.25) is 5.02 Å². The molecule has 0 aliphatic heterocycles. The highest BCUT2D eigenvalue weighted by Crippen LogP contribution is 2.61. The predicted octanol–water partition coefficient (Wildman–Crippen LogP) is 3.60. The maximum Gasteiger partial charge on any atom is 0.307 e. The van der Waals surface area contributed by atoms with Crippen molar-refractivity contribution in [1.82, 2.24) is 0 Å². The van der Waals surface area contributed by atoms with E-state index in [1.807, 2.05) is 19.9 Å². The first-order valence-electron chi connectivity index (χ1n) is 5.98. The number of halogens is 1. The number of hydrogen-bond acceptors (Lipinski definition) is 2. The summed E-state index contributed by atoms with van der Waals surface area (Å²) in [5.74, 6) is -1.56. The van der Waals surface area contributed by atoms with E-state index >= 15 is 0 Å². The molecule has 1 aromatic rings. The molecule has 1 aliphatic rings. The molecule has 0 radical (unpaired) electrons. The van der Waals surface area contributed by atoms with Gasteiger partial charge in [-0.1, -0.05) is 37.6 Å².